The van der Waals surface area contributed by atoms with E-state index in [2.05, 4.69) is 38.3 Å². The van der Waals surface area contributed by atoms with E-state index >= 15 is 0 Å². The van der Waals surface area contributed by atoms with Gasteiger partial charge in [0, 0.05) is 107 Å². The third-order valence-corrected chi connectivity index (χ3v) is 11.2. The molecule has 1 aliphatic rings. The maximum atomic E-state index is 12.7. The fourth-order valence-electron chi connectivity index (χ4n) is 8.34. The van der Waals surface area contributed by atoms with Crippen molar-refractivity contribution >= 4 is 34.6 Å². The highest BCUT2D eigenvalue weighted by Crippen LogP contribution is 2.42. The summed E-state index contributed by atoms with van der Waals surface area (Å²) in [5, 5.41) is 6.15. The topological polar surface area (TPSA) is 147 Å². The molecular formula is C52H72N4O6. The summed E-state index contributed by atoms with van der Waals surface area (Å²) >= 11 is 0. The van der Waals surface area contributed by atoms with Crippen molar-refractivity contribution in [3.8, 4) is 23.0 Å². The SMILES string of the molecule is CCCCCOc1c2cc(N)cc1Cc1cc(NC(C)=O)cc(c1OCCCCC)Cc1cc(N)cc(c1OCCCCC)Cc1cc(NC(C)=O)cc(c1OCCCCC)C2. The Kier molecular flexibility index (Phi) is 18.7. The first kappa shape index (κ1) is 47.7. The summed E-state index contributed by atoms with van der Waals surface area (Å²) in [6, 6.07) is 16.1. The number of carbonyl (C=O) groups excluding carboxylic acids is 2. The summed E-state index contributed by atoms with van der Waals surface area (Å²) in [5.41, 5.74) is 23.5. The number of carbonyl (C=O) groups is 2. The molecule has 4 aromatic rings. The van der Waals surface area contributed by atoms with Crippen LogP contribution in [0.2, 0.25) is 0 Å². The van der Waals surface area contributed by atoms with Gasteiger partial charge >= 0.3 is 0 Å². The third kappa shape index (κ3) is 13.8. The number of fused-ring (bicyclic) bond motifs is 8. The average molecular weight is 849 g/mol. The number of benzene rings is 4. The van der Waals surface area contributed by atoms with Crippen molar-refractivity contribution in [1.82, 2.24) is 0 Å². The molecule has 62 heavy (non-hydrogen) atoms. The molecule has 10 heteroatoms. The molecule has 0 heterocycles. The van der Waals surface area contributed by atoms with Gasteiger partial charge in [0.05, 0.1) is 26.4 Å². The number of amides is 2. The van der Waals surface area contributed by atoms with Crippen molar-refractivity contribution in [3.63, 3.8) is 0 Å². The van der Waals surface area contributed by atoms with Crippen LogP contribution in [0.3, 0.4) is 0 Å². The minimum atomic E-state index is -0.162. The average Bonchev–Trinajstić information content (AvgIpc) is 3.20. The van der Waals surface area contributed by atoms with E-state index in [-0.39, 0.29) is 11.8 Å². The van der Waals surface area contributed by atoms with E-state index in [1.54, 1.807) is 0 Å². The van der Waals surface area contributed by atoms with Gasteiger partial charge in [0.25, 0.3) is 0 Å². The van der Waals surface area contributed by atoms with Crippen LogP contribution in [0, 0.1) is 0 Å². The van der Waals surface area contributed by atoms with Crippen LogP contribution < -0.4 is 41.0 Å². The molecule has 0 atom stereocenters. The maximum absolute atomic E-state index is 12.7. The lowest BCUT2D eigenvalue weighted by Crippen LogP contribution is -2.13. The number of rotatable bonds is 22. The lowest BCUT2D eigenvalue weighted by atomic mass is 9.90. The summed E-state index contributed by atoms with van der Waals surface area (Å²) in [4.78, 5) is 25.3. The van der Waals surface area contributed by atoms with Crippen molar-refractivity contribution < 1.29 is 28.5 Å². The van der Waals surface area contributed by atoms with Crippen LogP contribution in [0.25, 0.3) is 0 Å². The van der Waals surface area contributed by atoms with E-state index in [9.17, 15) is 9.59 Å². The van der Waals surface area contributed by atoms with Crippen molar-refractivity contribution in [1.29, 1.82) is 0 Å². The molecule has 6 N–H and O–H groups in total. The van der Waals surface area contributed by atoms with Gasteiger partial charge in [-0.2, -0.15) is 0 Å². The largest absolute Gasteiger partial charge is 0.493 e. The van der Waals surface area contributed by atoms with E-state index in [0.717, 1.165) is 145 Å². The Labute approximate surface area is 370 Å². The first-order valence-corrected chi connectivity index (χ1v) is 23.2. The number of ether oxygens (including phenoxy) is 4. The Morgan fingerprint density at radius 2 is 0.645 bits per heavy atom. The molecule has 1 aliphatic carbocycles. The lowest BCUT2D eigenvalue weighted by molar-refractivity contribution is -0.115. The van der Waals surface area contributed by atoms with Gasteiger partial charge in [-0.25, -0.2) is 0 Å². The predicted molar refractivity (Wildman–Crippen MR) is 255 cm³/mol. The molecule has 10 nitrogen and oxygen atoms in total. The summed E-state index contributed by atoms with van der Waals surface area (Å²) in [6.07, 6.45) is 13.8. The number of anilines is 4. The van der Waals surface area contributed by atoms with Crippen LogP contribution in [0.15, 0.2) is 48.5 Å². The van der Waals surface area contributed by atoms with Crippen molar-refractivity contribution in [2.24, 2.45) is 0 Å². The van der Waals surface area contributed by atoms with E-state index in [4.69, 9.17) is 30.4 Å². The van der Waals surface area contributed by atoms with Crippen LogP contribution in [-0.2, 0) is 35.3 Å². The minimum absolute atomic E-state index is 0.162. The highest BCUT2D eigenvalue weighted by atomic mass is 16.5. The van der Waals surface area contributed by atoms with Crippen LogP contribution in [-0.4, -0.2) is 38.2 Å². The summed E-state index contributed by atoms with van der Waals surface area (Å²) in [6.45, 7) is 14.0. The summed E-state index contributed by atoms with van der Waals surface area (Å²) in [5.74, 6) is 2.77. The standard InChI is InChI=1S/C52H72N4O6/c1-7-11-15-19-59-49-37-23-41-31-47(55-35(5)57)33-43(51(41)61-21-17-13-9-3)25-39-29-46(54)30-40(50(39)60-20-16-12-8-2)26-44-34-48(56-36(6)58)32-42(24-38(49)28-45(53)27-37)52(44)62-22-18-14-10-4/h27-34H,7-26,53-54H2,1-6H3,(H,55,57)(H,56,58). The Morgan fingerprint density at radius 1 is 0.419 bits per heavy atom. The second-order valence-corrected chi connectivity index (χ2v) is 16.9. The van der Waals surface area contributed by atoms with Gasteiger partial charge in [-0.3, -0.25) is 9.59 Å². The van der Waals surface area contributed by atoms with Crippen LogP contribution in [0.1, 0.15) is 163 Å². The first-order valence-electron chi connectivity index (χ1n) is 23.2. The quantitative estimate of drug-likeness (QED) is 0.0398. The highest BCUT2D eigenvalue weighted by Gasteiger charge is 2.25. The highest BCUT2D eigenvalue weighted by molar-refractivity contribution is 5.90. The van der Waals surface area contributed by atoms with Crippen LogP contribution >= 0.6 is 0 Å². The maximum Gasteiger partial charge on any atom is 0.221 e. The Bertz CT molecular complexity index is 1870. The zero-order chi connectivity index (χ0) is 44.4. The minimum Gasteiger partial charge on any atom is -0.493 e. The Balaban J connectivity index is 1.85. The molecule has 0 unspecified atom stereocenters. The van der Waals surface area contributed by atoms with Gasteiger partial charge < -0.3 is 41.0 Å². The molecule has 0 spiro atoms. The molecule has 0 saturated heterocycles. The molecule has 4 aromatic carbocycles. The van der Waals surface area contributed by atoms with Gasteiger partial charge in [-0.15, -0.1) is 0 Å². The molecule has 0 aliphatic heterocycles. The molecule has 0 aromatic heterocycles. The number of unbranched alkanes of at least 4 members (excludes halogenated alkanes) is 8. The zero-order valence-electron chi connectivity index (χ0n) is 38.4. The fraction of sp³-hybridized carbons (Fsp3) is 0.500. The summed E-state index contributed by atoms with van der Waals surface area (Å²) in [7, 11) is 0. The van der Waals surface area contributed by atoms with Gasteiger partial charge in [-0.05, 0) is 74.2 Å². The van der Waals surface area contributed by atoms with Gasteiger partial charge in [0.2, 0.25) is 11.8 Å². The summed E-state index contributed by atoms with van der Waals surface area (Å²) < 4.78 is 27.3. The third-order valence-electron chi connectivity index (χ3n) is 11.2. The van der Waals surface area contributed by atoms with Gasteiger partial charge in [0.1, 0.15) is 23.0 Å². The molecule has 5 rings (SSSR count). The number of nitrogens with one attached hydrogen (secondary N) is 2. The molecular weight excluding hydrogens is 777 g/mol. The van der Waals surface area contributed by atoms with E-state index in [1.807, 2.05) is 48.5 Å². The van der Waals surface area contributed by atoms with Gasteiger partial charge in [0.15, 0.2) is 0 Å². The molecule has 2 amide bonds. The smallest absolute Gasteiger partial charge is 0.221 e. The van der Waals surface area contributed by atoms with Crippen LogP contribution in [0.4, 0.5) is 22.7 Å². The van der Waals surface area contributed by atoms with E-state index < -0.39 is 0 Å². The van der Waals surface area contributed by atoms with Crippen molar-refractivity contribution in [3.05, 3.63) is 93.0 Å². The second-order valence-electron chi connectivity index (χ2n) is 16.9. The zero-order valence-corrected chi connectivity index (χ0v) is 38.4. The molecule has 0 fully saturated rings. The van der Waals surface area contributed by atoms with Crippen molar-refractivity contribution in [2.45, 2.75) is 144 Å². The van der Waals surface area contributed by atoms with E-state index in [0.29, 0.717) is 74.9 Å². The Hall–Kier alpha value is -5.38. The first-order chi connectivity index (χ1) is 30.0. The number of hydrogen-bond acceptors (Lipinski definition) is 8. The van der Waals surface area contributed by atoms with Crippen molar-refractivity contribution in [2.75, 3.05) is 48.5 Å². The monoisotopic (exact) mass is 849 g/mol. The molecule has 8 bridgehead atoms. The normalized spacial score (nSPS) is 12.1. The molecule has 336 valence electrons. The molecule has 0 radical (unpaired) electrons. The number of nitrogen functional groups attached to an aromatic ring is 2. The lowest BCUT2D eigenvalue weighted by Gasteiger charge is -2.24. The number of nitrogens with two attached hydrogens (primary N) is 2. The van der Waals surface area contributed by atoms with Crippen LogP contribution in [0.5, 0.6) is 23.0 Å². The number of hydrogen-bond donors (Lipinski definition) is 4. The predicted octanol–water partition coefficient (Wildman–Crippen LogP) is 11.7. The fourth-order valence-corrected chi connectivity index (χ4v) is 8.34. The Morgan fingerprint density at radius 3 is 0.855 bits per heavy atom. The molecule has 0 saturated carbocycles. The van der Waals surface area contributed by atoms with E-state index in [1.165, 1.54) is 13.8 Å². The van der Waals surface area contributed by atoms with Gasteiger partial charge in [-0.1, -0.05) is 79.1 Å². The second kappa shape index (κ2) is 24.3.